The molecule has 0 aromatic rings. The van der Waals surface area contributed by atoms with Crippen LogP contribution in [0.5, 0.6) is 0 Å². The molecule has 1 aliphatic rings. The fraction of sp³-hybridized carbons (Fsp3) is 0.652. The fourth-order valence-electron chi connectivity index (χ4n) is 2.76. The fourth-order valence-corrected chi connectivity index (χ4v) is 6.63. The third-order valence-corrected chi connectivity index (χ3v) is 7.92. The number of hydrogen-bond acceptors (Lipinski definition) is 1. The summed E-state index contributed by atoms with van der Waals surface area (Å²) in [5, 5.41) is 10.1. The second-order valence-corrected chi connectivity index (χ2v) is 14.0. The van der Waals surface area contributed by atoms with Crippen LogP contribution in [-0.2, 0) is 24.3 Å². The predicted octanol–water partition coefficient (Wildman–Crippen LogP) is 4.33. The zero-order chi connectivity index (χ0) is 21.9. The molecule has 0 atom stereocenters. The SMILES string of the molecule is CC(C)(C)[N-]C=C1C=CC=C(C[PH+](C(C)(C)C)C(C)(C)C)[N-]1.C[CH-]C.[CH-]=O.[K+].[RuH+3]. The Labute approximate surface area is 238 Å². The molecule has 29 heavy (non-hydrogen) atoms. The summed E-state index contributed by atoms with van der Waals surface area (Å²) >= 11 is 0. The minimum absolute atomic E-state index is 0. The number of hydrogen-bond donors (Lipinski definition) is 0. The summed E-state index contributed by atoms with van der Waals surface area (Å²) in [7, 11) is -0.594. The molecule has 1 radical (unpaired) electrons. The van der Waals surface area contributed by atoms with Crippen LogP contribution in [0, 0.1) is 6.42 Å². The molecule has 0 aromatic carbocycles. The Balaban J connectivity index is -0.000000407. The molecule has 164 valence electrons. The number of carbonyl (C=O) groups excluding carboxylic acids is 1. The summed E-state index contributed by atoms with van der Waals surface area (Å²) in [6.45, 7) is 27.8. The Hall–Kier alpha value is 1.18. The van der Waals surface area contributed by atoms with Crippen LogP contribution >= 0.6 is 7.92 Å². The molecule has 0 saturated heterocycles. The average Bonchev–Trinajstić information content (AvgIpc) is 2.51. The molecule has 0 aliphatic carbocycles. The quantitative estimate of drug-likeness (QED) is 0.230. The van der Waals surface area contributed by atoms with Gasteiger partial charge in [0.05, 0.1) is 16.5 Å². The maximum atomic E-state index is 7.75. The van der Waals surface area contributed by atoms with E-state index in [-0.39, 0.29) is 76.4 Å². The molecule has 3 nitrogen and oxygen atoms in total. The first kappa shape index (κ1) is 37.5. The van der Waals surface area contributed by atoms with E-state index in [0.29, 0.717) is 10.3 Å². The van der Waals surface area contributed by atoms with Gasteiger partial charge in [0.1, 0.15) is 0 Å². The van der Waals surface area contributed by atoms with E-state index in [1.165, 1.54) is 5.70 Å². The van der Waals surface area contributed by atoms with Crippen LogP contribution in [0.3, 0.4) is 0 Å². The third kappa shape index (κ3) is 19.6. The number of allylic oxidation sites excluding steroid dienone is 4. The summed E-state index contributed by atoms with van der Waals surface area (Å²) < 4.78 is 0. The molecule has 0 bridgehead atoms. The van der Waals surface area contributed by atoms with E-state index in [1.54, 1.807) is 0 Å². The van der Waals surface area contributed by atoms with Gasteiger partial charge in [-0.05, 0) is 41.5 Å². The standard InChI is InChI=1S/C19H33N2P.C3H7.CHO.K.Ru.H/c1-17(2,3)20-13-15-11-10-12-16(21-15)14-22(18(4,5)6)19(7,8)9;1-3-2;1-2;;;/h10-13H,14H2,1-9H3;3H,1-2H3;1H;;;/q-2;2*-1;+1;+3;/p+1. The maximum absolute atomic E-state index is 7.75. The number of nitrogens with zero attached hydrogens (tertiary/aromatic N) is 2. The molecule has 0 saturated carbocycles. The van der Waals surface area contributed by atoms with Crippen molar-refractivity contribution in [2.45, 2.75) is 92.0 Å². The molecule has 1 heterocycles. The van der Waals surface area contributed by atoms with Crippen LogP contribution in [0.4, 0.5) is 0 Å². The molecule has 0 spiro atoms. The van der Waals surface area contributed by atoms with Gasteiger partial charge < -0.3 is 21.8 Å². The predicted molar refractivity (Wildman–Crippen MR) is 128 cm³/mol. The van der Waals surface area contributed by atoms with E-state index in [1.807, 2.05) is 32.5 Å². The van der Waals surface area contributed by atoms with Crippen molar-refractivity contribution in [3.05, 3.63) is 52.9 Å². The van der Waals surface area contributed by atoms with Crippen molar-refractivity contribution in [2.24, 2.45) is 0 Å². The van der Waals surface area contributed by atoms with Crippen LogP contribution < -0.4 is 51.4 Å². The van der Waals surface area contributed by atoms with Gasteiger partial charge in [0.2, 0.25) is 0 Å². The molecular formula is C23H43KN2OPRu+. The first-order chi connectivity index (χ1) is 12.2. The Morgan fingerprint density at radius 2 is 1.45 bits per heavy atom. The second-order valence-electron chi connectivity index (χ2n) is 9.72. The topological polar surface area (TPSA) is 45.3 Å². The molecule has 1 rings (SSSR count). The second kappa shape index (κ2) is 17.7. The normalized spacial score (nSPS) is 14.8. The van der Waals surface area contributed by atoms with E-state index >= 15 is 0 Å². The van der Waals surface area contributed by atoms with Crippen molar-refractivity contribution in [1.82, 2.24) is 0 Å². The van der Waals surface area contributed by atoms with Crippen LogP contribution in [-0.4, -0.2) is 28.8 Å². The Kier molecular flexibility index (Phi) is 22.9. The van der Waals surface area contributed by atoms with Gasteiger partial charge >= 0.3 is 70.9 Å². The summed E-state index contributed by atoms with van der Waals surface area (Å²) in [5.74, 6) is 0. The van der Waals surface area contributed by atoms with Crippen LogP contribution in [0.2, 0.25) is 0 Å². The molecule has 6 heteroatoms. The molecule has 0 aromatic heterocycles. The van der Waals surface area contributed by atoms with Crippen molar-refractivity contribution < 1.29 is 75.7 Å². The van der Waals surface area contributed by atoms with Gasteiger partial charge in [-0.2, -0.15) is 25.7 Å². The van der Waals surface area contributed by atoms with Crippen molar-refractivity contribution >= 4 is 14.7 Å². The van der Waals surface area contributed by atoms with Crippen molar-refractivity contribution in [2.75, 3.05) is 6.16 Å². The van der Waals surface area contributed by atoms with Crippen molar-refractivity contribution in [1.29, 1.82) is 0 Å². The number of rotatable bonds is 3. The third-order valence-electron chi connectivity index (χ3n) is 3.58. The van der Waals surface area contributed by atoms with Crippen LogP contribution in [0.15, 0.2) is 35.8 Å². The Morgan fingerprint density at radius 3 is 1.79 bits per heavy atom. The molecule has 0 amide bonds. The van der Waals surface area contributed by atoms with E-state index in [2.05, 4.69) is 86.6 Å². The van der Waals surface area contributed by atoms with Gasteiger partial charge in [-0.1, -0.05) is 39.0 Å². The monoisotopic (exact) mass is 535 g/mol. The van der Waals surface area contributed by atoms with Gasteiger partial charge in [-0.25, -0.2) is 0 Å². The minimum atomic E-state index is -0.594. The first-order valence-electron chi connectivity index (χ1n) is 9.56. The van der Waals surface area contributed by atoms with Gasteiger partial charge in [0.25, 0.3) is 0 Å². The van der Waals surface area contributed by atoms with Gasteiger partial charge in [-0.3, -0.25) is 6.79 Å². The van der Waals surface area contributed by atoms with Crippen molar-refractivity contribution in [3.8, 4) is 0 Å². The summed E-state index contributed by atoms with van der Waals surface area (Å²) in [4.78, 5) is 7.75. The van der Waals surface area contributed by atoms with E-state index < -0.39 is 7.92 Å². The van der Waals surface area contributed by atoms with E-state index in [9.17, 15) is 0 Å². The van der Waals surface area contributed by atoms with E-state index in [4.69, 9.17) is 10.1 Å². The molecular weight excluding hydrogens is 491 g/mol. The van der Waals surface area contributed by atoms with Crippen LogP contribution in [0.1, 0.15) is 76.2 Å². The molecule has 1 aliphatic heterocycles. The van der Waals surface area contributed by atoms with Gasteiger partial charge in [0, 0.05) is 7.92 Å². The molecule has 0 fully saturated rings. The molecule has 0 N–H and O–H groups in total. The summed E-state index contributed by atoms with van der Waals surface area (Å²) in [5.41, 5.74) is 2.12. The zero-order valence-electron chi connectivity index (χ0n) is 20.9. The zero-order valence-corrected chi connectivity index (χ0v) is 26.8. The van der Waals surface area contributed by atoms with Crippen molar-refractivity contribution in [3.63, 3.8) is 0 Å². The van der Waals surface area contributed by atoms with E-state index in [0.717, 1.165) is 11.9 Å². The Morgan fingerprint density at radius 1 is 1.03 bits per heavy atom. The summed E-state index contributed by atoms with van der Waals surface area (Å²) in [6, 6.07) is 0. The van der Waals surface area contributed by atoms with Gasteiger partial charge in [0.15, 0.2) is 0 Å². The Bertz CT molecular complexity index is 498. The van der Waals surface area contributed by atoms with Gasteiger partial charge in [-0.15, -0.1) is 11.2 Å². The first-order valence-corrected chi connectivity index (χ1v) is 11.3. The van der Waals surface area contributed by atoms with Crippen LogP contribution in [0.25, 0.3) is 10.6 Å². The average molecular weight is 535 g/mol. The summed E-state index contributed by atoms with van der Waals surface area (Å²) in [6.07, 6.45) is 11.3. The molecule has 0 unspecified atom stereocenters.